The maximum absolute atomic E-state index is 9.93. The number of fused-ring (bicyclic) bond motifs is 1. The lowest BCUT2D eigenvalue weighted by Crippen LogP contribution is -2.49. The standard InChI is InChI=1S/C13H15NO4/c15-10-6-18-13(12(17)11(10)16)9-5-7-3-1-2-4-8(7)14-9/h1-5,10-17H,6H2/t10-,11+,12-,13+/m1/s1. The number of H-pyrrole nitrogens is 1. The number of benzene rings is 1. The zero-order valence-electron chi connectivity index (χ0n) is 9.65. The molecule has 2 heterocycles. The number of hydrogen-bond acceptors (Lipinski definition) is 4. The molecule has 1 saturated heterocycles. The Morgan fingerprint density at radius 1 is 1.11 bits per heavy atom. The Kier molecular flexibility index (Phi) is 2.83. The summed E-state index contributed by atoms with van der Waals surface area (Å²) in [5.41, 5.74) is 1.65. The smallest absolute Gasteiger partial charge is 0.126 e. The van der Waals surface area contributed by atoms with Gasteiger partial charge < -0.3 is 25.0 Å². The van der Waals surface area contributed by atoms with Gasteiger partial charge >= 0.3 is 0 Å². The molecule has 1 aromatic heterocycles. The average Bonchev–Trinajstić information content (AvgIpc) is 2.79. The third-order valence-electron chi connectivity index (χ3n) is 3.36. The molecule has 0 unspecified atom stereocenters. The van der Waals surface area contributed by atoms with Gasteiger partial charge in [-0.1, -0.05) is 18.2 Å². The Hall–Kier alpha value is -1.40. The van der Waals surface area contributed by atoms with Crippen molar-refractivity contribution < 1.29 is 20.1 Å². The minimum absolute atomic E-state index is 0.0122. The van der Waals surface area contributed by atoms with Crippen molar-refractivity contribution in [2.24, 2.45) is 0 Å². The number of hydrogen-bond donors (Lipinski definition) is 4. The van der Waals surface area contributed by atoms with Crippen LogP contribution in [0, 0.1) is 0 Å². The molecule has 1 aliphatic heterocycles. The van der Waals surface area contributed by atoms with E-state index in [1.54, 1.807) is 0 Å². The molecule has 0 spiro atoms. The van der Waals surface area contributed by atoms with Crippen LogP contribution in [0.1, 0.15) is 11.8 Å². The lowest BCUT2D eigenvalue weighted by Gasteiger charge is -2.34. The largest absolute Gasteiger partial charge is 0.388 e. The van der Waals surface area contributed by atoms with E-state index < -0.39 is 24.4 Å². The van der Waals surface area contributed by atoms with Crippen LogP contribution >= 0.6 is 0 Å². The van der Waals surface area contributed by atoms with Crippen LogP contribution in [0.4, 0.5) is 0 Å². The molecule has 18 heavy (non-hydrogen) atoms. The lowest BCUT2D eigenvalue weighted by molar-refractivity contribution is -0.190. The number of rotatable bonds is 1. The van der Waals surface area contributed by atoms with Crippen molar-refractivity contribution in [3.8, 4) is 0 Å². The molecule has 0 bridgehead atoms. The van der Waals surface area contributed by atoms with Gasteiger partial charge in [0.25, 0.3) is 0 Å². The van der Waals surface area contributed by atoms with Crippen LogP contribution in [0.15, 0.2) is 30.3 Å². The molecule has 96 valence electrons. The highest BCUT2D eigenvalue weighted by molar-refractivity contribution is 5.80. The molecule has 2 aromatic rings. The molecule has 3 rings (SSSR count). The molecule has 4 N–H and O–H groups in total. The fraction of sp³-hybridized carbons (Fsp3) is 0.385. The molecule has 5 nitrogen and oxygen atoms in total. The third-order valence-corrected chi connectivity index (χ3v) is 3.36. The summed E-state index contributed by atoms with van der Waals surface area (Å²) in [5, 5.41) is 30.0. The minimum Gasteiger partial charge on any atom is -0.388 e. The number of para-hydroxylation sites is 1. The van der Waals surface area contributed by atoms with Gasteiger partial charge in [0.15, 0.2) is 0 Å². The van der Waals surface area contributed by atoms with E-state index in [-0.39, 0.29) is 6.61 Å². The predicted octanol–water partition coefficient (Wildman–Crippen LogP) is 0.322. The van der Waals surface area contributed by atoms with Gasteiger partial charge in [0.05, 0.1) is 6.61 Å². The van der Waals surface area contributed by atoms with E-state index in [1.165, 1.54) is 0 Å². The average molecular weight is 249 g/mol. The van der Waals surface area contributed by atoms with E-state index in [0.717, 1.165) is 10.9 Å². The third kappa shape index (κ3) is 1.81. The molecule has 1 fully saturated rings. The highest BCUT2D eigenvalue weighted by Gasteiger charge is 2.38. The molecular weight excluding hydrogens is 234 g/mol. The molecule has 0 saturated carbocycles. The van der Waals surface area contributed by atoms with Crippen molar-refractivity contribution in [1.29, 1.82) is 0 Å². The Balaban J connectivity index is 1.94. The molecule has 4 atom stereocenters. The topological polar surface area (TPSA) is 85.7 Å². The Morgan fingerprint density at radius 3 is 2.67 bits per heavy atom. The maximum Gasteiger partial charge on any atom is 0.126 e. The molecule has 5 heteroatoms. The predicted molar refractivity (Wildman–Crippen MR) is 65.0 cm³/mol. The van der Waals surface area contributed by atoms with Gasteiger partial charge in [-0.3, -0.25) is 0 Å². The molecule has 0 amide bonds. The second kappa shape index (κ2) is 4.37. The van der Waals surface area contributed by atoms with Gasteiger partial charge in [0, 0.05) is 11.2 Å². The SMILES string of the molecule is O[C@@H]1[C@@H](O)[C@H](c2cc3ccccc3[nH]2)OC[C@H]1O. The second-order valence-corrected chi connectivity index (χ2v) is 4.61. The summed E-state index contributed by atoms with van der Waals surface area (Å²) < 4.78 is 5.40. The summed E-state index contributed by atoms with van der Waals surface area (Å²) in [6.45, 7) is 0.0122. The van der Waals surface area contributed by atoms with Gasteiger partial charge in [-0.25, -0.2) is 0 Å². The summed E-state index contributed by atoms with van der Waals surface area (Å²) in [6, 6.07) is 9.61. The summed E-state index contributed by atoms with van der Waals surface area (Å²) >= 11 is 0. The van der Waals surface area contributed by atoms with E-state index in [4.69, 9.17) is 4.74 Å². The first kappa shape index (κ1) is 11.7. The Labute approximate surface area is 104 Å². The van der Waals surface area contributed by atoms with E-state index >= 15 is 0 Å². The second-order valence-electron chi connectivity index (χ2n) is 4.61. The van der Waals surface area contributed by atoms with Crippen molar-refractivity contribution in [2.45, 2.75) is 24.4 Å². The summed E-state index contributed by atoms with van der Waals surface area (Å²) in [4.78, 5) is 3.15. The molecule has 1 aliphatic rings. The number of aliphatic hydroxyl groups excluding tert-OH is 3. The van der Waals surface area contributed by atoms with Crippen LogP contribution in [0.5, 0.6) is 0 Å². The monoisotopic (exact) mass is 249 g/mol. The maximum atomic E-state index is 9.93. The van der Waals surface area contributed by atoms with Crippen LogP contribution in [0.3, 0.4) is 0 Å². The van der Waals surface area contributed by atoms with E-state index in [9.17, 15) is 15.3 Å². The van der Waals surface area contributed by atoms with E-state index in [0.29, 0.717) is 5.69 Å². The van der Waals surface area contributed by atoms with Crippen molar-refractivity contribution in [1.82, 2.24) is 4.98 Å². The summed E-state index contributed by atoms with van der Waals surface area (Å²) in [5.74, 6) is 0. The Morgan fingerprint density at radius 2 is 1.89 bits per heavy atom. The minimum atomic E-state index is -1.19. The first-order chi connectivity index (χ1) is 8.66. The zero-order valence-corrected chi connectivity index (χ0v) is 9.65. The van der Waals surface area contributed by atoms with Crippen molar-refractivity contribution in [3.63, 3.8) is 0 Å². The zero-order chi connectivity index (χ0) is 12.7. The number of ether oxygens (including phenoxy) is 1. The van der Waals surface area contributed by atoms with Crippen LogP contribution in [0.2, 0.25) is 0 Å². The molecular formula is C13H15NO4. The van der Waals surface area contributed by atoms with Gasteiger partial charge in [0.1, 0.15) is 24.4 Å². The van der Waals surface area contributed by atoms with Crippen molar-refractivity contribution in [3.05, 3.63) is 36.0 Å². The van der Waals surface area contributed by atoms with Gasteiger partial charge in [-0.05, 0) is 17.5 Å². The molecule has 0 radical (unpaired) electrons. The van der Waals surface area contributed by atoms with Crippen molar-refractivity contribution >= 4 is 10.9 Å². The number of aliphatic hydroxyl groups is 3. The quantitative estimate of drug-likeness (QED) is 0.586. The summed E-state index contributed by atoms with van der Waals surface area (Å²) in [6.07, 6.45) is -4.01. The number of nitrogens with one attached hydrogen (secondary N) is 1. The van der Waals surface area contributed by atoms with Gasteiger partial charge in [0.2, 0.25) is 0 Å². The highest BCUT2D eigenvalue weighted by atomic mass is 16.5. The number of aromatic nitrogens is 1. The first-order valence-electron chi connectivity index (χ1n) is 5.90. The van der Waals surface area contributed by atoms with Crippen LogP contribution in [-0.4, -0.2) is 45.2 Å². The highest BCUT2D eigenvalue weighted by Crippen LogP contribution is 2.30. The van der Waals surface area contributed by atoms with Crippen LogP contribution in [-0.2, 0) is 4.74 Å². The normalized spacial score (nSPS) is 32.8. The van der Waals surface area contributed by atoms with Gasteiger partial charge in [-0.2, -0.15) is 0 Å². The van der Waals surface area contributed by atoms with Crippen LogP contribution in [0.25, 0.3) is 10.9 Å². The van der Waals surface area contributed by atoms with Crippen LogP contribution < -0.4 is 0 Å². The summed E-state index contributed by atoms with van der Waals surface area (Å²) in [7, 11) is 0. The fourth-order valence-corrected chi connectivity index (χ4v) is 2.33. The van der Waals surface area contributed by atoms with Crippen molar-refractivity contribution in [2.75, 3.05) is 6.61 Å². The molecule has 0 aliphatic carbocycles. The number of aromatic amines is 1. The lowest BCUT2D eigenvalue weighted by atomic mass is 9.98. The Bertz CT molecular complexity index is 520. The van der Waals surface area contributed by atoms with E-state index in [2.05, 4.69) is 4.98 Å². The van der Waals surface area contributed by atoms with Gasteiger partial charge in [-0.15, -0.1) is 0 Å². The van der Waals surface area contributed by atoms with E-state index in [1.807, 2.05) is 30.3 Å². The molecule has 1 aromatic carbocycles. The first-order valence-corrected chi connectivity index (χ1v) is 5.90. The fourth-order valence-electron chi connectivity index (χ4n) is 2.33.